The Labute approximate surface area is 89.0 Å². The van der Waals surface area contributed by atoms with Crippen LogP contribution in [-0.2, 0) is 0 Å². The summed E-state index contributed by atoms with van der Waals surface area (Å²) >= 11 is 0. The number of nitrogens with one attached hydrogen (secondary N) is 1. The Morgan fingerprint density at radius 3 is 2.50 bits per heavy atom. The van der Waals surface area contributed by atoms with Gasteiger partial charge < -0.3 is 5.32 Å². The first-order valence-corrected chi connectivity index (χ1v) is 6.31. The molecule has 1 fully saturated rings. The SMILES string of the molecule is CCCNCC=CC1CCCCCC1. The zero-order chi connectivity index (χ0) is 10.1. The Morgan fingerprint density at radius 1 is 1.14 bits per heavy atom. The summed E-state index contributed by atoms with van der Waals surface area (Å²) in [5.74, 6) is 0.876. The minimum Gasteiger partial charge on any atom is -0.313 e. The smallest absolute Gasteiger partial charge is 0.0134 e. The molecule has 1 rings (SSSR count). The van der Waals surface area contributed by atoms with E-state index in [9.17, 15) is 0 Å². The monoisotopic (exact) mass is 195 g/mol. The van der Waals surface area contributed by atoms with E-state index in [-0.39, 0.29) is 0 Å². The Hall–Kier alpha value is -0.300. The largest absolute Gasteiger partial charge is 0.313 e. The van der Waals surface area contributed by atoms with E-state index in [0.717, 1.165) is 19.0 Å². The molecule has 0 aliphatic heterocycles. The second kappa shape index (κ2) is 8.05. The van der Waals surface area contributed by atoms with Crippen LogP contribution in [0.3, 0.4) is 0 Å². The van der Waals surface area contributed by atoms with Crippen LogP contribution in [0.4, 0.5) is 0 Å². The Morgan fingerprint density at radius 2 is 1.86 bits per heavy atom. The second-order valence-corrected chi connectivity index (χ2v) is 4.38. The third kappa shape index (κ3) is 5.43. The molecule has 82 valence electrons. The van der Waals surface area contributed by atoms with Crippen LogP contribution in [-0.4, -0.2) is 13.1 Å². The number of allylic oxidation sites excluding steroid dienone is 1. The number of hydrogen-bond acceptors (Lipinski definition) is 1. The second-order valence-electron chi connectivity index (χ2n) is 4.38. The third-order valence-electron chi connectivity index (χ3n) is 3.00. The minimum atomic E-state index is 0.876. The van der Waals surface area contributed by atoms with Crippen LogP contribution in [0.1, 0.15) is 51.9 Å². The van der Waals surface area contributed by atoms with Gasteiger partial charge in [0.25, 0.3) is 0 Å². The lowest BCUT2D eigenvalue weighted by Crippen LogP contribution is -2.14. The maximum absolute atomic E-state index is 3.40. The van der Waals surface area contributed by atoms with Crippen molar-refractivity contribution in [1.82, 2.24) is 5.32 Å². The zero-order valence-electron chi connectivity index (χ0n) is 9.60. The lowest BCUT2D eigenvalue weighted by Gasteiger charge is -2.07. The van der Waals surface area contributed by atoms with E-state index in [1.54, 1.807) is 0 Å². The molecule has 1 nitrogen and oxygen atoms in total. The molecule has 0 aromatic rings. The van der Waals surface area contributed by atoms with E-state index < -0.39 is 0 Å². The van der Waals surface area contributed by atoms with Crippen molar-refractivity contribution in [2.75, 3.05) is 13.1 Å². The van der Waals surface area contributed by atoms with Gasteiger partial charge in [-0.1, -0.05) is 44.8 Å². The summed E-state index contributed by atoms with van der Waals surface area (Å²) in [5, 5.41) is 3.40. The molecule has 0 heterocycles. The van der Waals surface area contributed by atoms with Crippen molar-refractivity contribution < 1.29 is 0 Å². The van der Waals surface area contributed by atoms with Crippen LogP contribution < -0.4 is 5.32 Å². The fourth-order valence-electron chi connectivity index (χ4n) is 2.13. The molecular weight excluding hydrogens is 170 g/mol. The third-order valence-corrected chi connectivity index (χ3v) is 3.00. The van der Waals surface area contributed by atoms with E-state index in [2.05, 4.69) is 24.4 Å². The molecule has 0 aromatic heterocycles. The van der Waals surface area contributed by atoms with Crippen molar-refractivity contribution in [3.05, 3.63) is 12.2 Å². The van der Waals surface area contributed by atoms with Crippen LogP contribution in [0.15, 0.2) is 12.2 Å². The highest BCUT2D eigenvalue weighted by atomic mass is 14.8. The maximum Gasteiger partial charge on any atom is 0.0134 e. The molecular formula is C13H25N. The Bertz CT molecular complexity index is 143. The molecule has 0 radical (unpaired) electrons. The van der Waals surface area contributed by atoms with E-state index in [4.69, 9.17) is 0 Å². The van der Waals surface area contributed by atoms with Crippen molar-refractivity contribution in [3.63, 3.8) is 0 Å². The van der Waals surface area contributed by atoms with E-state index in [1.807, 2.05) is 0 Å². The highest BCUT2D eigenvalue weighted by Crippen LogP contribution is 2.23. The van der Waals surface area contributed by atoms with Crippen molar-refractivity contribution in [3.8, 4) is 0 Å². The molecule has 1 aliphatic rings. The number of hydrogen-bond donors (Lipinski definition) is 1. The molecule has 0 unspecified atom stereocenters. The first-order chi connectivity index (χ1) is 6.93. The maximum atomic E-state index is 3.40. The molecule has 0 atom stereocenters. The lowest BCUT2D eigenvalue weighted by molar-refractivity contribution is 0.557. The topological polar surface area (TPSA) is 12.0 Å². The van der Waals surface area contributed by atoms with Crippen LogP contribution in [0.2, 0.25) is 0 Å². The highest BCUT2D eigenvalue weighted by molar-refractivity contribution is 4.90. The summed E-state index contributed by atoms with van der Waals surface area (Å²) in [4.78, 5) is 0. The fraction of sp³-hybridized carbons (Fsp3) is 0.846. The predicted molar refractivity (Wildman–Crippen MR) is 63.5 cm³/mol. The van der Waals surface area contributed by atoms with Crippen molar-refractivity contribution in [2.45, 2.75) is 51.9 Å². The summed E-state index contributed by atoms with van der Waals surface area (Å²) < 4.78 is 0. The molecule has 1 saturated carbocycles. The molecule has 1 N–H and O–H groups in total. The lowest BCUT2D eigenvalue weighted by atomic mass is 10.00. The minimum absolute atomic E-state index is 0.876. The summed E-state index contributed by atoms with van der Waals surface area (Å²) in [7, 11) is 0. The molecule has 0 saturated heterocycles. The predicted octanol–water partition coefficient (Wildman–Crippen LogP) is 3.51. The van der Waals surface area contributed by atoms with Gasteiger partial charge in [-0.2, -0.15) is 0 Å². The van der Waals surface area contributed by atoms with E-state index >= 15 is 0 Å². The van der Waals surface area contributed by atoms with Gasteiger partial charge in [-0.05, 0) is 31.7 Å². The van der Waals surface area contributed by atoms with Crippen LogP contribution in [0.5, 0.6) is 0 Å². The molecule has 1 aliphatic carbocycles. The van der Waals surface area contributed by atoms with Crippen LogP contribution in [0, 0.1) is 5.92 Å². The van der Waals surface area contributed by atoms with Crippen molar-refractivity contribution in [2.24, 2.45) is 5.92 Å². The first kappa shape index (κ1) is 11.8. The van der Waals surface area contributed by atoms with Gasteiger partial charge in [-0.25, -0.2) is 0 Å². The highest BCUT2D eigenvalue weighted by Gasteiger charge is 2.07. The van der Waals surface area contributed by atoms with Crippen LogP contribution >= 0.6 is 0 Å². The van der Waals surface area contributed by atoms with Crippen LogP contribution in [0.25, 0.3) is 0 Å². The Balaban J connectivity index is 2.08. The van der Waals surface area contributed by atoms with Gasteiger partial charge >= 0.3 is 0 Å². The molecule has 0 bridgehead atoms. The number of rotatable bonds is 5. The van der Waals surface area contributed by atoms with Gasteiger partial charge in [0.2, 0.25) is 0 Å². The van der Waals surface area contributed by atoms with Gasteiger partial charge in [0.15, 0.2) is 0 Å². The van der Waals surface area contributed by atoms with Crippen molar-refractivity contribution >= 4 is 0 Å². The van der Waals surface area contributed by atoms with Gasteiger partial charge in [-0.3, -0.25) is 0 Å². The summed E-state index contributed by atoms with van der Waals surface area (Å²) in [5.41, 5.74) is 0. The molecule has 1 heteroatoms. The van der Waals surface area contributed by atoms with Gasteiger partial charge in [0.05, 0.1) is 0 Å². The zero-order valence-corrected chi connectivity index (χ0v) is 9.60. The summed E-state index contributed by atoms with van der Waals surface area (Å²) in [6.45, 7) is 4.42. The quantitative estimate of drug-likeness (QED) is 0.402. The Kier molecular flexibility index (Phi) is 6.77. The van der Waals surface area contributed by atoms with Gasteiger partial charge in [0.1, 0.15) is 0 Å². The average molecular weight is 195 g/mol. The van der Waals surface area contributed by atoms with E-state index in [0.29, 0.717) is 0 Å². The van der Waals surface area contributed by atoms with Crippen molar-refractivity contribution in [1.29, 1.82) is 0 Å². The standard InChI is InChI=1S/C13H25N/c1-2-11-14-12-7-10-13-8-5-3-4-6-9-13/h7,10,13-14H,2-6,8-9,11-12H2,1H3. The fourth-order valence-corrected chi connectivity index (χ4v) is 2.13. The summed E-state index contributed by atoms with van der Waals surface area (Å²) in [6.07, 6.45) is 14.6. The van der Waals surface area contributed by atoms with Gasteiger partial charge in [0, 0.05) is 6.54 Å². The van der Waals surface area contributed by atoms with E-state index in [1.165, 1.54) is 44.9 Å². The molecule has 0 spiro atoms. The van der Waals surface area contributed by atoms with Gasteiger partial charge in [-0.15, -0.1) is 0 Å². The molecule has 0 amide bonds. The summed E-state index contributed by atoms with van der Waals surface area (Å²) in [6, 6.07) is 0. The average Bonchev–Trinajstić information content (AvgIpc) is 2.46. The molecule has 0 aromatic carbocycles. The first-order valence-electron chi connectivity index (χ1n) is 6.31. The molecule has 14 heavy (non-hydrogen) atoms. The normalized spacial score (nSPS) is 20.1.